The molecule has 0 saturated carbocycles. The Morgan fingerprint density at radius 2 is 1.84 bits per heavy atom. The second kappa shape index (κ2) is 8.70. The fourth-order valence-electron chi connectivity index (χ4n) is 1.88. The summed E-state index contributed by atoms with van der Waals surface area (Å²) in [5.74, 6) is -0.244. The zero-order valence-corrected chi connectivity index (χ0v) is 12.2. The molecule has 1 aromatic rings. The van der Waals surface area contributed by atoms with Gasteiger partial charge in [0.2, 0.25) is 0 Å². The van der Waals surface area contributed by atoms with Crippen molar-refractivity contribution >= 4 is 5.97 Å². The summed E-state index contributed by atoms with van der Waals surface area (Å²) >= 11 is 0. The van der Waals surface area contributed by atoms with Gasteiger partial charge in [0.05, 0.1) is 5.92 Å². The Bertz CT molecular complexity index is 360. The number of ether oxygens (including phenoxy) is 1. The number of nitrogens with one attached hydrogen (secondary N) is 1. The van der Waals surface area contributed by atoms with E-state index in [1.807, 2.05) is 37.3 Å². The second-order valence-electron chi connectivity index (χ2n) is 4.92. The van der Waals surface area contributed by atoms with E-state index in [0.29, 0.717) is 19.2 Å². The van der Waals surface area contributed by atoms with Crippen molar-refractivity contribution in [3.05, 3.63) is 35.9 Å². The molecule has 1 rings (SSSR count). The van der Waals surface area contributed by atoms with Gasteiger partial charge in [-0.1, -0.05) is 51.1 Å². The van der Waals surface area contributed by atoms with Gasteiger partial charge in [0.1, 0.15) is 6.61 Å². The predicted octanol–water partition coefficient (Wildman–Crippen LogP) is 3.14. The van der Waals surface area contributed by atoms with E-state index in [4.69, 9.17) is 4.74 Å². The minimum Gasteiger partial charge on any atom is -0.461 e. The van der Waals surface area contributed by atoms with E-state index in [2.05, 4.69) is 19.2 Å². The molecule has 0 amide bonds. The standard InChI is InChI=1S/C16H25NO2/c1-4-15(5-2)17-11-13(3)16(18)19-12-14-9-7-6-8-10-14/h6-10,13,15,17H,4-5,11-12H2,1-3H3. The Kier molecular flexibility index (Phi) is 7.19. The van der Waals surface area contributed by atoms with E-state index in [9.17, 15) is 4.79 Å². The molecule has 1 aromatic carbocycles. The summed E-state index contributed by atoms with van der Waals surface area (Å²) in [5, 5.41) is 3.40. The van der Waals surface area contributed by atoms with Gasteiger partial charge in [0.25, 0.3) is 0 Å². The van der Waals surface area contributed by atoms with Gasteiger partial charge in [0.15, 0.2) is 0 Å². The largest absolute Gasteiger partial charge is 0.461 e. The highest BCUT2D eigenvalue weighted by Gasteiger charge is 2.15. The molecule has 3 nitrogen and oxygen atoms in total. The third kappa shape index (κ3) is 5.88. The van der Waals surface area contributed by atoms with Crippen LogP contribution in [0.5, 0.6) is 0 Å². The molecule has 0 bridgehead atoms. The number of esters is 1. The zero-order valence-electron chi connectivity index (χ0n) is 12.2. The lowest BCUT2D eigenvalue weighted by Crippen LogP contribution is -2.34. The lowest BCUT2D eigenvalue weighted by molar-refractivity contribution is -0.149. The molecule has 0 aliphatic carbocycles. The SMILES string of the molecule is CCC(CC)NCC(C)C(=O)OCc1ccccc1. The molecule has 1 N–H and O–H groups in total. The smallest absolute Gasteiger partial charge is 0.310 e. The Morgan fingerprint density at radius 1 is 1.21 bits per heavy atom. The van der Waals surface area contributed by atoms with Crippen LogP contribution < -0.4 is 5.32 Å². The van der Waals surface area contributed by atoms with Crippen molar-refractivity contribution in [3.63, 3.8) is 0 Å². The first-order chi connectivity index (χ1) is 9.17. The van der Waals surface area contributed by atoms with Crippen LogP contribution in [0.25, 0.3) is 0 Å². The number of benzene rings is 1. The molecule has 0 aliphatic rings. The molecule has 1 atom stereocenters. The molecule has 0 spiro atoms. The summed E-state index contributed by atoms with van der Waals surface area (Å²) in [6, 6.07) is 10.3. The Hall–Kier alpha value is -1.35. The lowest BCUT2D eigenvalue weighted by Gasteiger charge is -2.18. The average Bonchev–Trinajstić information content (AvgIpc) is 2.46. The summed E-state index contributed by atoms with van der Waals surface area (Å²) in [4.78, 5) is 11.8. The summed E-state index contributed by atoms with van der Waals surface area (Å²) in [7, 11) is 0. The van der Waals surface area contributed by atoms with Crippen molar-refractivity contribution in [2.24, 2.45) is 5.92 Å². The first-order valence-electron chi connectivity index (χ1n) is 7.11. The van der Waals surface area contributed by atoms with Crippen LogP contribution in [0.2, 0.25) is 0 Å². The highest BCUT2D eigenvalue weighted by Crippen LogP contribution is 2.05. The normalized spacial score (nSPS) is 12.4. The van der Waals surface area contributed by atoms with Crippen LogP contribution in [0.15, 0.2) is 30.3 Å². The number of hydrogen-bond acceptors (Lipinski definition) is 3. The van der Waals surface area contributed by atoms with E-state index in [1.165, 1.54) is 0 Å². The number of carbonyl (C=O) groups is 1. The fourth-order valence-corrected chi connectivity index (χ4v) is 1.88. The van der Waals surface area contributed by atoms with Crippen molar-refractivity contribution in [3.8, 4) is 0 Å². The van der Waals surface area contributed by atoms with Crippen LogP contribution in [0.3, 0.4) is 0 Å². The van der Waals surface area contributed by atoms with Crippen LogP contribution in [0.1, 0.15) is 39.2 Å². The third-order valence-corrected chi connectivity index (χ3v) is 3.32. The molecule has 3 heteroatoms. The Labute approximate surface area is 116 Å². The van der Waals surface area contributed by atoms with Gasteiger partial charge in [0, 0.05) is 12.6 Å². The minimum atomic E-state index is -0.137. The van der Waals surface area contributed by atoms with Gasteiger partial charge < -0.3 is 10.1 Å². The highest BCUT2D eigenvalue weighted by molar-refractivity contribution is 5.72. The van der Waals surface area contributed by atoms with Crippen LogP contribution in [0, 0.1) is 5.92 Å². The average molecular weight is 263 g/mol. The quantitative estimate of drug-likeness (QED) is 0.732. The molecular weight excluding hydrogens is 238 g/mol. The van der Waals surface area contributed by atoms with E-state index >= 15 is 0 Å². The van der Waals surface area contributed by atoms with Crippen LogP contribution in [-0.2, 0) is 16.1 Å². The summed E-state index contributed by atoms with van der Waals surface area (Å²) in [5.41, 5.74) is 1.02. The molecule has 0 fully saturated rings. The van der Waals surface area contributed by atoms with E-state index < -0.39 is 0 Å². The minimum absolute atomic E-state index is 0.107. The third-order valence-electron chi connectivity index (χ3n) is 3.32. The van der Waals surface area contributed by atoms with Crippen molar-refractivity contribution in [2.45, 2.75) is 46.3 Å². The van der Waals surface area contributed by atoms with Crippen molar-refractivity contribution in [1.29, 1.82) is 0 Å². The molecule has 0 saturated heterocycles. The highest BCUT2D eigenvalue weighted by atomic mass is 16.5. The summed E-state index contributed by atoms with van der Waals surface area (Å²) in [6.07, 6.45) is 2.17. The van der Waals surface area contributed by atoms with Crippen LogP contribution in [-0.4, -0.2) is 18.6 Å². The second-order valence-corrected chi connectivity index (χ2v) is 4.92. The van der Waals surface area contributed by atoms with Gasteiger partial charge in [-0.05, 0) is 18.4 Å². The maximum Gasteiger partial charge on any atom is 0.310 e. The Morgan fingerprint density at radius 3 is 2.42 bits per heavy atom. The topological polar surface area (TPSA) is 38.3 Å². The van der Waals surface area contributed by atoms with Gasteiger partial charge in [-0.25, -0.2) is 0 Å². The molecule has 1 unspecified atom stereocenters. The van der Waals surface area contributed by atoms with Crippen molar-refractivity contribution < 1.29 is 9.53 Å². The number of hydrogen-bond donors (Lipinski definition) is 1. The van der Waals surface area contributed by atoms with E-state index in [0.717, 1.165) is 18.4 Å². The maximum atomic E-state index is 11.8. The molecule has 106 valence electrons. The van der Waals surface area contributed by atoms with Crippen LogP contribution in [0.4, 0.5) is 0 Å². The molecule has 0 heterocycles. The maximum absolute atomic E-state index is 11.8. The van der Waals surface area contributed by atoms with Gasteiger partial charge in [-0.2, -0.15) is 0 Å². The van der Waals surface area contributed by atoms with E-state index in [-0.39, 0.29) is 11.9 Å². The molecular formula is C16H25NO2. The predicted molar refractivity (Wildman–Crippen MR) is 77.8 cm³/mol. The molecule has 0 radical (unpaired) electrons. The van der Waals surface area contributed by atoms with Gasteiger partial charge in [-0.3, -0.25) is 4.79 Å². The monoisotopic (exact) mass is 263 g/mol. The zero-order chi connectivity index (χ0) is 14.1. The van der Waals surface area contributed by atoms with Crippen molar-refractivity contribution in [1.82, 2.24) is 5.32 Å². The van der Waals surface area contributed by atoms with E-state index in [1.54, 1.807) is 0 Å². The van der Waals surface area contributed by atoms with Gasteiger partial charge in [-0.15, -0.1) is 0 Å². The Balaban J connectivity index is 2.29. The number of rotatable bonds is 8. The first kappa shape index (κ1) is 15.7. The molecule has 0 aliphatic heterocycles. The fraction of sp³-hybridized carbons (Fsp3) is 0.562. The number of carbonyl (C=O) groups excluding carboxylic acids is 1. The summed E-state index contributed by atoms with van der Waals surface area (Å²) < 4.78 is 5.31. The first-order valence-corrected chi connectivity index (χ1v) is 7.11. The van der Waals surface area contributed by atoms with Gasteiger partial charge >= 0.3 is 5.97 Å². The molecule has 0 aromatic heterocycles. The molecule has 19 heavy (non-hydrogen) atoms. The van der Waals surface area contributed by atoms with Crippen LogP contribution >= 0.6 is 0 Å². The summed E-state index contributed by atoms with van der Waals surface area (Å²) in [6.45, 7) is 7.25. The van der Waals surface area contributed by atoms with Crippen molar-refractivity contribution in [2.75, 3.05) is 6.54 Å². The lowest BCUT2D eigenvalue weighted by atomic mass is 10.1.